The summed E-state index contributed by atoms with van der Waals surface area (Å²) in [5.74, 6) is 0.207. The summed E-state index contributed by atoms with van der Waals surface area (Å²) in [6.45, 7) is 0. The molecule has 0 amide bonds. The van der Waals surface area contributed by atoms with E-state index in [4.69, 9.17) is 9.47 Å². The fourth-order valence-corrected chi connectivity index (χ4v) is 5.17. The van der Waals surface area contributed by atoms with Gasteiger partial charge in [-0.1, -0.05) is 84.9 Å². The fraction of sp³-hybridized carbons (Fsp3) is 0.0571. The molecule has 0 aromatic heterocycles. The van der Waals surface area contributed by atoms with E-state index in [0.717, 1.165) is 32.7 Å². The molecule has 44 heavy (non-hydrogen) atoms. The normalized spacial score (nSPS) is 10.9. The van der Waals surface area contributed by atoms with E-state index in [1.165, 1.54) is 36.4 Å². The van der Waals surface area contributed by atoms with Crippen LogP contribution in [0, 0.1) is 20.2 Å². The van der Waals surface area contributed by atoms with Gasteiger partial charge >= 0.3 is 6.16 Å². The van der Waals surface area contributed by atoms with E-state index in [1.807, 2.05) is 84.9 Å². The van der Waals surface area contributed by atoms with Crippen LogP contribution in [0.2, 0.25) is 0 Å². The minimum absolute atomic E-state index is 0.103. The number of hydrogen-bond donors (Lipinski definition) is 0. The first kappa shape index (κ1) is 28.0. The lowest BCUT2D eigenvalue weighted by Gasteiger charge is -2.13. The standard InChI is InChI=1S/C35H24N2O7/c38-35(43-33-15-13-31(36(39)40)21-29(33)19-23-9-11-25-5-1-3-7-27(25)17-23)44-34-16-14-32(37(41)42)22-30(34)20-24-10-12-26-6-2-4-8-28(26)18-24/h1-18,21-22H,19-20H2. The predicted octanol–water partition coefficient (Wildman–Crippen LogP) is 8.57. The Hall–Kier alpha value is -6.09. The van der Waals surface area contributed by atoms with Crippen LogP contribution in [0.1, 0.15) is 22.3 Å². The van der Waals surface area contributed by atoms with Crippen molar-refractivity contribution in [2.24, 2.45) is 0 Å². The molecule has 0 aliphatic carbocycles. The third-order valence-corrected chi connectivity index (χ3v) is 7.31. The van der Waals surface area contributed by atoms with Crippen molar-refractivity contribution in [3.63, 3.8) is 0 Å². The number of ether oxygens (including phenoxy) is 2. The van der Waals surface area contributed by atoms with Gasteiger partial charge in [0.25, 0.3) is 11.4 Å². The van der Waals surface area contributed by atoms with Gasteiger partial charge in [0, 0.05) is 48.2 Å². The highest BCUT2D eigenvalue weighted by atomic mass is 16.7. The highest BCUT2D eigenvalue weighted by Gasteiger charge is 2.20. The molecule has 0 radical (unpaired) electrons. The molecule has 0 saturated heterocycles. The molecule has 6 rings (SSSR count). The first-order chi connectivity index (χ1) is 21.3. The van der Waals surface area contributed by atoms with Crippen molar-refractivity contribution in [1.29, 1.82) is 0 Å². The van der Waals surface area contributed by atoms with Gasteiger partial charge in [0.15, 0.2) is 0 Å². The zero-order valence-corrected chi connectivity index (χ0v) is 23.2. The molecule has 0 spiro atoms. The van der Waals surface area contributed by atoms with Crippen LogP contribution in [-0.2, 0) is 12.8 Å². The molecular formula is C35H24N2O7. The molecule has 216 valence electrons. The molecule has 0 unspecified atom stereocenters. The Morgan fingerprint density at radius 2 is 0.932 bits per heavy atom. The summed E-state index contributed by atoms with van der Waals surface area (Å²) in [6, 6.07) is 35.3. The smallest absolute Gasteiger partial charge is 0.394 e. The second kappa shape index (κ2) is 12.0. The molecule has 0 saturated carbocycles. The number of benzene rings is 6. The minimum atomic E-state index is -1.08. The highest BCUT2D eigenvalue weighted by Crippen LogP contribution is 2.31. The first-order valence-electron chi connectivity index (χ1n) is 13.7. The van der Waals surface area contributed by atoms with Gasteiger partial charge in [0.1, 0.15) is 11.5 Å². The lowest BCUT2D eigenvalue weighted by Crippen LogP contribution is -2.16. The monoisotopic (exact) mass is 584 g/mol. The quantitative estimate of drug-likeness (QED) is 0.0760. The van der Waals surface area contributed by atoms with Crippen LogP contribution in [-0.4, -0.2) is 16.0 Å². The van der Waals surface area contributed by atoms with Gasteiger partial charge in [-0.05, 0) is 44.8 Å². The summed E-state index contributed by atoms with van der Waals surface area (Å²) in [6.07, 6.45) is -0.549. The van der Waals surface area contributed by atoms with Gasteiger partial charge < -0.3 is 9.47 Å². The average Bonchev–Trinajstić information content (AvgIpc) is 3.02. The topological polar surface area (TPSA) is 122 Å². The Labute approximate surface area is 251 Å². The molecule has 0 atom stereocenters. The molecular weight excluding hydrogens is 560 g/mol. The molecule has 0 aliphatic heterocycles. The summed E-state index contributed by atoms with van der Waals surface area (Å²) < 4.78 is 11.1. The molecule has 9 nitrogen and oxygen atoms in total. The summed E-state index contributed by atoms with van der Waals surface area (Å²) in [5.41, 5.74) is 2.30. The number of hydrogen-bond acceptors (Lipinski definition) is 7. The number of carbonyl (C=O) groups is 1. The zero-order chi connectivity index (χ0) is 30.6. The Bertz CT molecular complexity index is 1930. The maximum absolute atomic E-state index is 13.1. The molecule has 0 heterocycles. The van der Waals surface area contributed by atoms with E-state index in [9.17, 15) is 25.0 Å². The largest absolute Gasteiger partial charge is 0.519 e. The van der Waals surface area contributed by atoms with Crippen LogP contribution >= 0.6 is 0 Å². The first-order valence-corrected chi connectivity index (χ1v) is 13.7. The van der Waals surface area contributed by atoms with Crippen LogP contribution in [0.3, 0.4) is 0 Å². The van der Waals surface area contributed by atoms with Gasteiger partial charge in [-0.3, -0.25) is 20.2 Å². The van der Waals surface area contributed by atoms with Gasteiger partial charge in [-0.15, -0.1) is 0 Å². The van der Waals surface area contributed by atoms with Crippen LogP contribution < -0.4 is 9.47 Å². The van der Waals surface area contributed by atoms with E-state index < -0.39 is 16.0 Å². The Balaban J connectivity index is 1.27. The van der Waals surface area contributed by atoms with E-state index >= 15 is 0 Å². The summed E-state index contributed by atoms with van der Waals surface area (Å²) in [4.78, 5) is 35.1. The van der Waals surface area contributed by atoms with Crippen molar-refractivity contribution in [3.8, 4) is 11.5 Å². The average molecular weight is 585 g/mol. The fourth-order valence-electron chi connectivity index (χ4n) is 5.17. The van der Waals surface area contributed by atoms with Gasteiger partial charge in [0.2, 0.25) is 0 Å². The number of nitro groups is 2. The highest BCUT2D eigenvalue weighted by molar-refractivity contribution is 5.84. The van der Waals surface area contributed by atoms with Crippen molar-refractivity contribution in [1.82, 2.24) is 0 Å². The summed E-state index contributed by atoms with van der Waals surface area (Å²) >= 11 is 0. The molecule has 0 N–H and O–H groups in total. The Kier molecular flexibility index (Phi) is 7.67. The molecule has 6 aromatic carbocycles. The van der Waals surface area contributed by atoms with Gasteiger partial charge in [0.05, 0.1) is 9.85 Å². The molecule has 9 heteroatoms. The lowest BCUT2D eigenvalue weighted by molar-refractivity contribution is -0.385. The van der Waals surface area contributed by atoms with Crippen LogP contribution in [0.15, 0.2) is 121 Å². The van der Waals surface area contributed by atoms with E-state index in [0.29, 0.717) is 11.1 Å². The number of fused-ring (bicyclic) bond motifs is 2. The van der Waals surface area contributed by atoms with Crippen molar-refractivity contribution >= 4 is 39.1 Å². The van der Waals surface area contributed by atoms with Crippen LogP contribution in [0.4, 0.5) is 16.2 Å². The number of non-ortho nitro benzene ring substituents is 2. The van der Waals surface area contributed by atoms with E-state index in [-0.39, 0.29) is 35.7 Å². The predicted molar refractivity (Wildman–Crippen MR) is 166 cm³/mol. The second-order valence-corrected chi connectivity index (χ2v) is 10.3. The third kappa shape index (κ3) is 6.22. The number of nitrogens with zero attached hydrogens (tertiary/aromatic N) is 2. The minimum Gasteiger partial charge on any atom is -0.394 e. The van der Waals surface area contributed by atoms with Crippen LogP contribution in [0.25, 0.3) is 21.5 Å². The van der Waals surface area contributed by atoms with E-state index in [1.54, 1.807) is 0 Å². The number of carbonyl (C=O) groups excluding carboxylic acids is 1. The maximum Gasteiger partial charge on any atom is 0.519 e. The number of nitro benzene ring substituents is 2. The molecule has 0 bridgehead atoms. The SMILES string of the molecule is O=C(Oc1ccc([N+](=O)[O-])cc1Cc1ccc2ccccc2c1)Oc1ccc([N+](=O)[O-])cc1Cc1ccc2ccccc2c1. The van der Waals surface area contributed by atoms with Crippen molar-refractivity contribution in [2.75, 3.05) is 0 Å². The molecule has 0 aliphatic rings. The Morgan fingerprint density at radius 1 is 0.523 bits per heavy atom. The van der Waals surface area contributed by atoms with Gasteiger partial charge in [-0.2, -0.15) is 0 Å². The summed E-state index contributed by atoms with van der Waals surface area (Å²) in [5, 5.41) is 27.2. The third-order valence-electron chi connectivity index (χ3n) is 7.31. The van der Waals surface area contributed by atoms with Gasteiger partial charge in [-0.25, -0.2) is 4.79 Å². The number of rotatable bonds is 8. The van der Waals surface area contributed by atoms with E-state index in [2.05, 4.69) is 0 Å². The maximum atomic E-state index is 13.1. The second-order valence-electron chi connectivity index (χ2n) is 10.3. The summed E-state index contributed by atoms with van der Waals surface area (Å²) in [7, 11) is 0. The lowest BCUT2D eigenvalue weighted by atomic mass is 10.00. The van der Waals surface area contributed by atoms with Crippen LogP contribution in [0.5, 0.6) is 11.5 Å². The van der Waals surface area contributed by atoms with Crippen molar-refractivity contribution in [3.05, 3.63) is 164 Å². The zero-order valence-electron chi connectivity index (χ0n) is 23.2. The molecule has 0 fully saturated rings. The van der Waals surface area contributed by atoms with Crippen molar-refractivity contribution in [2.45, 2.75) is 12.8 Å². The molecule has 6 aromatic rings. The Morgan fingerprint density at radius 3 is 1.34 bits per heavy atom. The van der Waals surface area contributed by atoms with Crippen molar-refractivity contribution < 1.29 is 24.1 Å².